The summed E-state index contributed by atoms with van der Waals surface area (Å²) >= 11 is 8.58. The van der Waals surface area contributed by atoms with E-state index in [-0.39, 0.29) is 6.04 Å². The standard InChI is InChI=1S/C18H19ClIN/c1-21-18(16-11-15(19)8-9-17(16)20)14-7-6-12-4-2-3-5-13(12)10-14/h6-11,18,21H,2-5H2,1H3. The molecule has 0 spiro atoms. The van der Waals surface area contributed by atoms with Crippen molar-refractivity contribution in [2.24, 2.45) is 0 Å². The highest BCUT2D eigenvalue weighted by molar-refractivity contribution is 14.1. The molecule has 3 rings (SSSR count). The Morgan fingerprint density at radius 1 is 1.05 bits per heavy atom. The second-order valence-corrected chi connectivity index (χ2v) is 7.22. The molecule has 110 valence electrons. The third-order valence-electron chi connectivity index (χ3n) is 4.26. The molecule has 0 radical (unpaired) electrons. The Kier molecular flexibility index (Phi) is 4.87. The first-order valence-electron chi connectivity index (χ1n) is 7.43. The summed E-state index contributed by atoms with van der Waals surface area (Å²) in [6.07, 6.45) is 5.09. The van der Waals surface area contributed by atoms with E-state index in [1.54, 1.807) is 0 Å². The minimum absolute atomic E-state index is 0.197. The van der Waals surface area contributed by atoms with Crippen molar-refractivity contribution < 1.29 is 0 Å². The van der Waals surface area contributed by atoms with Crippen LogP contribution in [0.2, 0.25) is 5.02 Å². The number of nitrogens with one attached hydrogen (secondary N) is 1. The number of hydrogen-bond acceptors (Lipinski definition) is 1. The van der Waals surface area contributed by atoms with Gasteiger partial charge in [0, 0.05) is 8.59 Å². The molecule has 2 aromatic rings. The van der Waals surface area contributed by atoms with Crippen molar-refractivity contribution >= 4 is 34.2 Å². The minimum atomic E-state index is 0.197. The summed E-state index contributed by atoms with van der Waals surface area (Å²) < 4.78 is 1.24. The zero-order chi connectivity index (χ0) is 14.8. The lowest BCUT2D eigenvalue weighted by Crippen LogP contribution is -2.19. The van der Waals surface area contributed by atoms with Crippen molar-refractivity contribution in [3.8, 4) is 0 Å². The monoisotopic (exact) mass is 411 g/mol. The molecule has 2 aromatic carbocycles. The van der Waals surface area contributed by atoms with Crippen molar-refractivity contribution in [3.63, 3.8) is 0 Å². The molecule has 0 fully saturated rings. The van der Waals surface area contributed by atoms with Crippen LogP contribution in [0.5, 0.6) is 0 Å². The lowest BCUT2D eigenvalue weighted by Gasteiger charge is -2.22. The summed E-state index contributed by atoms with van der Waals surface area (Å²) in [6.45, 7) is 0. The number of rotatable bonds is 3. The molecule has 21 heavy (non-hydrogen) atoms. The summed E-state index contributed by atoms with van der Waals surface area (Å²) in [7, 11) is 2.01. The number of halogens is 2. The Bertz CT molecular complexity index is 654. The maximum Gasteiger partial charge on any atom is 0.0585 e. The van der Waals surface area contributed by atoms with Gasteiger partial charge in [0.1, 0.15) is 0 Å². The van der Waals surface area contributed by atoms with Crippen LogP contribution in [0.15, 0.2) is 36.4 Å². The number of hydrogen-bond donors (Lipinski definition) is 1. The van der Waals surface area contributed by atoms with Crippen molar-refractivity contribution in [2.75, 3.05) is 7.05 Å². The van der Waals surface area contributed by atoms with Gasteiger partial charge in [-0.3, -0.25) is 0 Å². The molecule has 1 atom stereocenters. The second-order valence-electron chi connectivity index (χ2n) is 5.62. The molecule has 1 aliphatic rings. The van der Waals surface area contributed by atoms with Crippen LogP contribution < -0.4 is 5.32 Å². The normalized spacial score (nSPS) is 15.6. The topological polar surface area (TPSA) is 12.0 Å². The average molecular weight is 412 g/mol. The van der Waals surface area contributed by atoms with E-state index in [1.165, 1.54) is 51.5 Å². The Morgan fingerprint density at radius 2 is 1.81 bits per heavy atom. The van der Waals surface area contributed by atoms with Gasteiger partial charge < -0.3 is 5.32 Å². The molecule has 0 heterocycles. The third kappa shape index (κ3) is 3.27. The first-order chi connectivity index (χ1) is 10.2. The van der Waals surface area contributed by atoms with Crippen molar-refractivity contribution in [1.82, 2.24) is 5.32 Å². The summed E-state index contributed by atoms with van der Waals surface area (Å²) in [5.74, 6) is 0. The molecule has 1 unspecified atom stereocenters. The lowest BCUT2D eigenvalue weighted by atomic mass is 9.88. The first kappa shape index (κ1) is 15.3. The van der Waals surface area contributed by atoms with Crippen LogP contribution in [0.25, 0.3) is 0 Å². The number of aryl methyl sites for hydroxylation is 2. The summed E-state index contributed by atoms with van der Waals surface area (Å²) in [4.78, 5) is 0. The zero-order valence-electron chi connectivity index (χ0n) is 12.1. The molecule has 1 aliphatic carbocycles. The molecule has 0 saturated heterocycles. The van der Waals surface area contributed by atoms with Gasteiger partial charge in [-0.2, -0.15) is 0 Å². The Hall–Kier alpha value is -0.580. The average Bonchev–Trinajstić information content (AvgIpc) is 2.51. The van der Waals surface area contributed by atoms with Gasteiger partial charge in [-0.1, -0.05) is 29.8 Å². The third-order valence-corrected chi connectivity index (χ3v) is 5.48. The van der Waals surface area contributed by atoms with Gasteiger partial charge in [-0.05, 0) is 95.8 Å². The summed E-state index contributed by atoms with van der Waals surface area (Å²) in [5, 5.41) is 4.24. The van der Waals surface area contributed by atoms with Gasteiger partial charge >= 0.3 is 0 Å². The predicted molar refractivity (Wildman–Crippen MR) is 98.2 cm³/mol. The molecule has 0 saturated carbocycles. The smallest absolute Gasteiger partial charge is 0.0585 e. The number of fused-ring (bicyclic) bond motifs is 1. The van der Waals surface area contributed by atoms with E-state index in [2.05, 4.69) is 58.2 Å². The fraction of sp³-hybridized carbons (Fsp3) is 0.333. The Balaban J connectivity index is 2.01. The summed E-state index contributed by atoms with van der Waals surface area (Å²) in [5.41, 5.74) is 5.64. The highest BCUT2D eigenvalue weighted by atomic mass is 127. The minimum Gasteiger partial charge on any atom is -0.309 e. The Labute approximate surface area is 145 Å². The van der Waals surface area contributed by atoms with E-state index in [9.17, 15) is 0 Å². The lowest BCUT2D eigenvalue weighted by molar-refractivity contribution is 0.666. The maximum absolute atomic E-state index is 6.19. The van der Waals surface area contributed by atoms with Crippen LogP contribution in [0.1, 0.15) is 41.1 Å². The second kappa shape index (κ2) is 6.67. The van der Waals surface area contributed by atoms with E-state index in [0.717, 1.165) is 5.02 Å². The van der Waals surface area contributed by atoms with Crippen molar-refractivity contribution in [1.29, 1.82) is 0 Å². The molecular formula is C18H19ClIN. The van der Waals surface area contributed by atoms with Crippen LogP contribution in [-0.2, 0) is 12.8 Å². The van der Waals surface area contributed by atoms with Gasteiger partial charge in [0.05, 0.1) is 6.04 Å². The highest BCUT2D eigenvalue weighted by Gasteiger charge is 2.18. The fourth-order valence-corrected chi connectivity index (χ4v) is 4.00. The van der Waals surface area contributed by atoms with Gasteiger partial charge in [-0.15, -0.1) is 0 Å². The quantitative estimate of drug-likeness (QED) is 0.690. The van der Waals surface area contributed by atoms with Crippen molar-refractivity contribution in [2.45, 2.75) is 31.7 Å². The largest absolute Gasteiger partial charge is 0.309 e. The molecule has 1 nitrogen and oxygen atoms in total. The molecule has 0 amide bonds. The fourth-order valence-electron chi connectivity index (χ4n) is 3.17. The highest BCUT2D eigenvalue weighted by Crippen LogP contribution is 2.31. The van der Waals surface area contributed by atoms with E-state index in [1.807, 2.05) is 13.1 Å². The molecule has 0 aromatic heterocycles. The molecule has 0 aliphatic heterocycles. The SMILES string of the molecule is CNC(c1ccc2c(c1)CCCC2)c1cc(Cl)ccc1I. The number of benzene rings is 2. The Morgan fingerprint density at radius 3 is 2.57 bits per heavy atom. The van der Waals surface area contributed by atoms with E-state index < -0.39 is 0 Å². The van der Waals surface area contributed by atoms with Crippen LogP contribution in [0.3, 0.4) is 0 Å². The van der Waals surface area contributed by atoms with Crippen LogP contribution in [0.4, 0.5) is 0 Å². The molecular weight excluding hydrogens is 393 g/mol. The van der Waals surface area contributed by atoms with Gasteiger partial charge in [0.15, 0.2) is 0 Å². The molecule has 3 heteroatoms. The predicted octanol–water partition coefficient (Wildman–Crippen LogP) is 5.13. The van der Waals surface area contributed by atoms with E-state index in [4.69, 9.17) is 11.6 Å². The van der Waals surface area contributed by atoms with Crippen LogP contribution in [-0.4, -0.2) is 7.05 Å². The van der Waals surface area contributed by atoms with Crippen LogP contribution >= 0.6 is 34.2 Å². The first-order valence-corrected chi connectivity index (χ1v) is 8.88. The van der Waals surface area contributed by atoms with Gasteiger partial charge in [0.2, 0.25) is 0 Å². The zero-order valence-corrected chi connectivity index (χ0v) is 15.0. The van der Waals surface area contributed by atoms with Crippen LogP contribution in [0, 0.1) is 3.57 Å². The molecule has 1 N–H and O–H groups in total. The van der Waals surface area contributed by atoms with E-state index >= 15 is 0 Å². The van der Waals surface area contributed by atoms with Crippen molar-refractivity contribution in [3.05, 3.63) is 67.2 Å². The van der Waals surface area contributed by atoms with Gasteiger partial charge in [0.25, 0.3) is 0 Å². The van der Waals surface area contributed by atoms with Gasteiger partial charge in [-0.25, -0.2) is 0 Å². The maximum atomic E-state index is 6.19. The summed E-state index contributed by atoms with van der Waals surface area (Å²) in [6, 6.07) is 13.3. The van der Waals surface area contributed by atoms with E-state index in [0.29, 0.717) is 0 Å². The molecule has 0 bridgehead atoms.